The Balaban J connectivity index is 2.11. The molecule has 192 valence electrons. The molecule has 0 aliphatic carbocycles. The zero-order valence-electron chi connectivity index (χ0n) is 20.9. The first-order valence-electron chi connectivity index (χ1n) is 11.1. The molecule has 0 spiro atoms. The van der Waals surface area contributed by atoms with Gasteiger partial charge in [-0.25, -0.2) is 8.42 Å². The highest BCUT2D eigenvalue weighted by atomic mass is 32.2. The van der Waals surface area contributed by atoms with E-state index in [1.165, 1.54) is 52.7 Å². The van der Waals surface area contributed by atoms with Gasteiger partial charge >= 0.3 is 0 Å². The lowest BCUT2D eigenvalue weighted by Gasteiger charge is -2.26. The molecule has 10 heteroatoms. The minimum absolute atomic E-state index is 0.0909. The van der Waals surface area contributed by atoms with Gasteiger partial charge in [0.15, 0.2) is 11.5 Å². The molecule has 36 heavy (non-hydrogen) atoms. The quantitative estimate of drug-likeness (QED) is 0.411. The van der Waals surface area contributed by atoms with E-state index in [1.54, 1.807) is 24.3 Å². The van der Waals surface area contributed by atoms with E-state index in [1.807, 2.05) is 19.1 Å². The van der Waals surface area contributed by atoms with Crippen molar-refractivity contribution in [1.82, 2.24) is 0 Å². The molecular formula is C26H30N2O7S. The number of amides is 1. The SMILES string of the molecule is CCc1ccccc1NC(=O)CN(c1cc(OC)ccc1OC)S(=O)(=O)c1ccc(OC)c(OC)c1. The molecule has 0 aromatic heterocycles. The molecule has 0 unspecified atom stereocenters. The summed E-state index contributed by atoms with van der Waals surface area (Å²) in [6, 6.07) is 16.3. The number of benzene rings is 3. The van der Waals surface area contributed by atoms with E-state index in [-0.39, 0.29) is 22.1 Å². The number of anilines is 2. The molecule has 3 rings (SSSR count). The van der Waals surface area contributed by atoms with Crippen molar-refractivity contribution in [3.8, 4) is 23.0 Å². The smallest absolute Gasteiger partial charge is 0.265 e. The van der Waals surface area contributed by atoms with Crippen LogP contribution in [-0.4, -0.2) is 49.3 Å². The van der Waals surface area contributed by atoms with Crippen LogP contribution in [0, 0.1) is 0 Å². The number of carbonyl (C=O) groups is 1. The van der Waals surface area contributed by atoms with Gasteiger partial charge in [0.2, 0.25) is 5.91 Å². The van der Waals surface area contributed by atoms with Crippen molar-refractivity contribution in [3.63, 3.8) is 0 Å². The van der Waals surface area contributed by atoms with Crippen LogP contribution in [0.15, 0.2) is 65.6 Å². The Morgan fingerprint density at radius 1 is 0.833 bits per heavy atom. The summed E-state index contributed by atoms with van der Waals surface area (Å²) in [6.07, 6.45) is 0.702. The Labute approximate surface area is 211 Å². The van der Waals surface area contributed by atoms with Crippen molar-refractivity contribution in [3.05, 3.63) is 66.2 Å². The number of sulfonamides is 1. The van der Waals surface area contributed by atoms with Crippen molar-refractivity contribution < 1.29 is 32.2 Å². The number of hydrogen-bond acceptors (Lipinski definition) is 7. The summed E-state index contributed by atoms with van der Waals surface area (Å²) in [5.74, 6) is 0.731. The molecule has 0 aliphatic rings. The molecule has 1 N–H and O–H groups in total. The maximum absolute atomic E-state index is 13.9. The maximum atomic E-state index is 13.9. The molecule has 0 heterocycles. The molecule has 3 aromatic carbocycles. The first-order valence-corrected chi connectivity index (χ1v) is 12.6. The van der Waals surface area contributed by atoms with Crippen LogP contribution in [0.1, 0.15) is 12.5 Å². The van der Waals surface area contributed by atoms with Crippen molar-refractivity contribution in [2.75, 3.05) is 44.6 Å². The van der Waals surface area contributed by atoms with Gasteiger partial charge in [0.25, 0.3) is 10.0 Å². The normalized spacial score (nSPS) is 10.9. The van der Waals surface area contributed by atoms with Gasteiger partial charge in [0.1, 0.15) is 18.0 Å². The van der Waals surface area contributed by atoms with Gasteiger partial charge in [-0.3, -0.25) is 9.10 Å². The summed E-state index contributed by atoms with van der Waals surface area (Å²) in [6.45, 7) is 1.46. The minimum atomic E-state index is -4.27. The zero-order valence-corrected chi connectivity index (χ0v) is 21.7. The van der Waals surface area contributed by atoms with E-state index >= 15 is 0 Å². The third-order valence-corrected chi connectivity index (χ3v) is 7.31. The highest BCUT2D eigenvalue weighted by molar-refractivity contribution is 7.92. The molecule has 0 aliphatic heterocycles. The third-order valence-electron chi connectivity index (χ3n) is 5.56. The lowest BCUT2D eigenvalue weighted by Crippen LogP contribution is -2.38. The first-order chi connectivity index (χ1) is 17.3. The van der Waals surface area contributed by atoms with Crippen molar-refractivity contribution in [2.24, 2.45) is 0 Å². The van der Waals surface area contributed by atoms with E-state index in [0.717, 1.165) is 9.87 Å². The molecule has 1 amide bonds. The van der Waals surface area contributed by atoms with Gasteiger partial charge in [0.05, 0.1) is 39.0 Å². The number of hydrogen-bond donors (Lipinski definition) is 1. The summed E-state index contributed by atoms with van der Waals surface area (Å²) in [5.41, 5.74) is 1.69. The van der Waals surface area contributed by atoms with Crippen LogP contribution in [-0.2, 0) is 21.2 Å². The first kappa shape index (κ1) is 26.7. The molecule has 0 bridgehead atoms. The average Bonchev–Trinajstić information content (AvgIpc) is 2.91. The summed E-state index contributed by atoms with van der Waals surface area (Å²) >= 11 is 0. The van der Waals surface area contributed by atoms with Crippen LogP contribution < -0.4 is 28.6 Å². The number of methoxy groups -OCH3 is 4. The second kappa shape index (κ2) is 11.7. The molecule has 0 atom stereocenters. The summed E-state index contributed by atoms with van der Waals surface area (Å²) in [4.78, 5) is 13.1. The molecule has 0 saturated carbocycles. The fourth-order valence-corrected chi connectivity index (χ4v) is 5.11. The van der Waals surface area contributed by atoms with Gasteiger partial charge in [-0.2, -0.15) is 0 Å². The molecule has 9 nitrogen and oxygen atoms in total. The van der Waals surface area contributed by atoms with E-state index in [4.69, 9.17) is 18.9 Å². The van der Waals surface area contributed by atoms with Crippen LogP contribution >= 0.6 is 0 Å². The highest BCUT2D eigenvalue weighted by Crippen LogP contribution is 2.37. The number of para-hydroxylation sites is 1. The van der Waals surface area contributed by atoms with Crippen molar-refractivity contribution in [1.29, 1.82) is 0 Å². The second-order valence-electron chi connectivity index (χ2n) is 7.63. The largest absolute Gasteiger partial charge is 0.497 e. The molecule has 0 fully saturated rings. The fourth-order valence-electron chi connectivity index (χ4n) is 3.67. The number of aryl methyl sites for hydroxylation is 1. The van der Waals surface area contributed by atoms with Gasteiger partial charge in [0, 0.05) is 17.8 Å². The Morgan fingerprint density at radius 2 is 1.50 bits per heavy atom. The second-order valence-corrected chi connectivity index (χ2v) is 9.49. The number of nitrogens with one attached hydrogen (secondary N) is 1. The molecule has 3 aromatic rings. The molecular weight excluding hydrogens is 484 g/mol. The third kappa shape index (κ3) is 5.65. The van der Waals surface area contributed by atoms with E-state index in [0.29, 0.717) is 23.6 Å². The van der Waals surface area contributed by atoms with E-state index in [2.05, 4.69) is 5.32 Å². The van der Waals surface area contributed by atoms with Crippen molar-refractivity contribution in [2.45, 2.75) is 18.2 Å². The predicted molar refractivity (Wildman–Crippen MR) is 138 cm³/mol. The van der Waals surface area contributed by atoms with Crippen LogP contribution in [0.5, 0.6) is 23.0 Å². The van der Waals surface area contributed by atoms with E-state index < -0.39 is 22.5 Å². The number of rotatable bonds is 11. The number of nitrogens with zero attached hydrogens (tertiary/aromatic N) is 1. The highest BCUT2D eigenvalue weighted by Gasteiger charge is 2.31. The Hall–Kier alpha value is -3.92. The summed E-state index contributed by atoms with van der Waals surface area (Å²) < 4.78 is 50.1. The maximum Gasteiger partial charge on any atom is 0.265 e. The fraction of sp³-hybridized carbons (Fsp3) is 0.269. The number of ether oxygens (including phenoxy) is 4. The standard InChI is InChI=1S/C26H30N2O7S/c1-6-18-9-7-8-10-21(18)27-26(29)17-28(22-15-19(32-2)11-13-23(22)33-3)36(30,31)20-12-14-24(34-4)25(16-20)35-5/h7-16H,6,17H2,1-5H3,(H,27,29). The van der Waals surface area contributed by atoms with Gasteiger partial charge in [-0.05, 0) is 42.3 Å². The Kier molecular flexibility index (Phi) is 8.65. The summed E-state index contributed by atoms with van der Waals surface area (Å²) in [5, 5.41) is 2.83. The molecule has 0 saturated heterocycles. The van der Waals surface area contributed by atoms with Gasteiger partial charge in [-0.1, -0.05) is 25.1 Å². The summed E-state index contributed by atoms with van der Waals surface area (Å²) in [7, 11) is 1.48. The Morgan fingerprint density at radius 3 is 2.14 bits per heavy atom. The zero-order chi connectivity index (χ0) is 26.3. The predicted octanol–water partition coefficient (Wildman–Crippen LogP) is 4.12. The topological polar surface area (TPSA) is 103 Å². The average molecular weight is 515 g/mol. The number of carbonyl (C=O) groups excluding carboxylic acids is 1. The minimum Gasteiger partial charge on any atom is -0.497 e. The van der Waals surface area contributed by atoms with Crippen molar-refractivity contribution >= 4 is 27.3 Å². The lowest BCUT2D eigenvalue weighted by atomic mass is 10.1. The van der Waals surface area contributed by atoms with Crippen LogP contribution in [0.4, 0.5) is 11.4 Å². The van der Waals surface area contributed by atoms with Gasteiger partial charge < -0.3 is 24.3 Å². The van der Waals surface area contributed by atoms with Crippen LogP contribution in [0.25, 0.3) is 0 Å². The monoisotopic (exact) mass is 514 g/mol. The Bertz CT molecular complexity index is 1330. The van der Waals surface area contributed by atoms with Crippen LogP contribution in [0.3, 0.4) is 0 Å². The van der Waals surface area contributed by atoms with E-state index in [9.17, 15) is 13.2 Å². The lowest BCUT2D eigenvalue weighted by molar-refractivity contribution is -0.114. The molecule has 0 radical (unpaired) electrons. The van der Waals surface area contributed by atoms with Gasteiger partial charge in [-0.15, -0.1) is 0 Å². The van der Waals surface area contributed by atoms with Crippen LogP contribution in [0.2, 0.25) is 0 Å².